The number of benzene rings is 2. The van der Waals surface area contributed by atoms with Gasteiger partial charge < -0.3 is 10.2 Å². The smallest absolute Gasteiger partial charge is 0.268 e. The highest BCUT2D eigenvalue weighted by Crippen LogP contribution is 2.20. The molecule has 1 heterocycles. The lowest BCUT2D eigenvalue weighted by atomic mass is 10.0. The Morgan fingerprint density at radius 2 is 1.78 bits per heavy atom. The van der Waals surface area contributed by atoms with Crippen LogP contribution in [0.3, 0.4) is 0 Å². The maximum absolute atomic E-state index is 13.5. The van der Waals surface area contributed by atoms with Crippen LogP contribution < -0.4 is 5.32 Å². The first-order chi connectivity index (χ1) is 11.0. The van der Waals surface area contributed by atoms with Gasteiger partial charge in [-0.3, -0.25) is 4.79 Å². The molecular weight excluding hydrogens is 309 g/mol. The molecule has 3 rings (SSSR count). The molecule has 0 aliphatic carbocycles. The van der Waals surface area contributed by atoms with E-state index in [1.807, 2.05) is 0 Å². The van der Waals surface area contributed by atoms with E-state index in [1.165, 1.54) is 24.3 Å². The normalized spacial score (nSPS) is 16.7. The van der Waals surface area contributed by atoms with Gasteiger partial charge >= 0.3 is 0 Å². The summed E-state index contributed by atoms with van der Waals surface area (Å²) >= 11 is 0. The van der Waals surface area contributed by atoms with Gasteiger partial charge in [0.05, 0.1) is 11.4 Å². The Morgan fingerprint density at radius 3 is 2.48 bits per heavy atom. The standard InChI is InChI=1S/C16H11F3N2O2/c17-10-3-1-9(2-4-10)14-8-15(23-21-14)16(22)20-13-6-5-11(18)7-12(13)19/h1-7,15H,8H2,(H,20,22). The molecule has 1 amide bonds. The molecule has 0 radical (unpaired) electrons. The number of nitrogens with zero attached hydrogens (tertiary/aromatic N) is 1. The number of oxime groups is 1. The number of hydrogen-bond acceptors (Lipinski definition) is 3. The summed E-state index contributed by atoms with van der Waals surface area (Å²) in [7, 11) is 0. The van der Waals surface area contributed by atoms with E-state index in [1.54, 1.807) is 0 Å². The third-order valence-corrected chi connectivity index (χ3v) is 3.33. The molecule has 23 heavy (non-hydrogen) atoms. The van der Waals surface area contributed by atoms with Crippen molar-refractivity contribution in [3.05, 3.63) is 65.5 Å². The number of hydrogen-bond donors (Lipinski definition) is 1. The van der Waals surface area contributed by atoms with Crippen LogP contribution in [0, 0.1) is 17.5 Å². The Balaban J connectivity index is 1.65. The molecule has 0 saturated heterocycles. The van der Waals surface area contributed by atoms with Gasteiger partial charge in [0.25, 0.3) is 5.91 Å². The van der Waals surface area contributed by atoms with Gasteiger partial charge in [-0.05, 0) is 29.8 Å². The predicted octanol–water partition coefficient (Wildman–Crippen LogP) is 3.24. The first-order valence-electron chi connectivity index (χ1n) is 6.77. The zero-order chi connectivity index (χ0) is 16.4. The first kappa shape index (κ1) is 15.1. The van der Waals surface area contributed by atoms with E-state index < -0.39 is 23.6 Å². The minimum atomic E-state index is -0.931. The SMILES string of the molecule is O=C(Nc1ccc(F)cc1F)C1CC(c2ccc(F)cc2)=NO1. The molecule has 0 bridgehead atoms. The first-order valence-corrected chi connectivity index (χ1v) is 6.77. The molecule has 0 aromatic heterocycles. The van der Waals surface area contributed by atoms with Crippen molar-refractivity contribution >= 4 is 17.3 Å². The Morgan fingerprint density at radius 1 is 1.09 bits per heavy atom. The van der Waals surface area contributed by atoms with Gasteiger partial charge in [0.1, 0.15) is 17.5 Å². The Bertz CT molecular complexity index is 775. The molecule has 7 heteroatoms. The fourth-order valence-corrected chi connectivity index (χ4v) is 2.13. The summed E-state index contributed by atoms with van der Waals surface area (Å²) in [6.45, 7) is 0. The van der Waals surface area contributed by atoms with Crippen LogP contribution in [0.1, 0.15) is 12.0 Å². The van der Waals surface area contributed by atoms with Crippen LogP contribution in [0.25, 0.3) is 0 Å². The number of anilines is 1. The summed E-state index contributed by atoms with van der Waals surface area (Å²) in [6.07, 6.45) is -0.764. The molecule has 0 fully saturated rings. The maximum Gasteiger partial charge on any atom is 0.268 e. The molecular formula is C16H11F3N2O2. The van der Waals surface area contributed by atoms with E-state index in [4.69, 9.17) is 4.84 Å². The van der Waals surface area contributed by atoms with Gasteiger partial charge in [0.15, 0.2) is 0 Å². The number of amides is 1. The predicted molar refractivity (Wildman–Crippen MR) is 77.4 cm³/mol. The van der Waals surface area contributed by atoms with Gasteiger partial charge in [0, 0.05) is 12.5 Å². The number of carbonyl (C=O) groups excluding carboxylic acids is 1. The summed E-state index contributed by atoms with van der Waals surface area (Å²) in [5.41, 5.74) is 0.981. The fraction of sp³-hybridized carbons (Fsp3) is 0.125. The Hall–Kier alpha value is -2.83. The van der Waals surface area contributed by atoms with Crippen LogP contribution in [0.2, 0.25) is 0 Å². The van der Waals surface area contributed by atoms with Gasteiger partial charge in [-0.1, -0.05) is 17.3 Å². The van der Waals surface area contributed by atoms with Crippen LogP contribution >= 0.6 is 0 Å². The molecule has 0 saturated carbocycles. The number of carbonyl (C=O) groups is 1. The largest absolute Gasteiger partial charge is 0.382 e. The van der Waals surface area contributed by atoms with E-state index in [9.17, 15) is 18.0 Å². The van der Waals surface area contributed by atoms with Crippen molar-refractivity contribution < 1.29 is 22.8 Å². The van der Waals surface area contributed by atoms with Crippen LogP contribution in [0.5, 0.6) is 0 Å². The minimum Gasteiger partial charge on any atom is -0.382 e. The monoisotopic (exact) mass is 320 g/mol. The average molecular weight is 320 g/mol. The molecule has 1 aliphatic rings. The van der Waals surface area contributed by atoms with Gasteiger partial charge in [0.2, 0.25) is 6.10 Å². The second-order valence-corrected chi connectivity index (χ2v) is 4.96. The van der Waals surface area contributed by atoms with E-state index in [0.717, 1.165) is 12.1 Å². The van der Waals surface area contributed by atoms with Crippen LogP contribution in [0.4, 0.5) is 18.9 Å². The maximum atomic E-state index is 13.5. The Kier molecular flexibility index (Phi) is 4.01. The quantitative estimate of drug-likeness (QED) is 0.944. The van der Waals surface area contributed by atoms with Crippen molar-refractivity contribution in [2.45, 2.75) is 12.5 Å². The molecule has 4 nitrogen and oxygen atoms in total. The molecule has 1 unspecified atom stereocenters. The summed E-state index contributed by atoms with van der Waals surface area (Å²) in [5, 5.41) is 6.12. The van der Waals surface area contributed by atoms with E-state index in [2.05, 4.69) is 10.5 Å². The molecule has 118 valence electrons. The van der Waals surface area contributed by atoms with E-state index >= 15 is 0 Å². The zero-order valence-electron chi connectivity index (χ0n) is 11.7. The molecule has 0 spiro atoms. The third kappa shape index (κ3) is 3.33. The lowest BCUT2D eigenvalue weighted by Gasteiger charge is -2.10. The average Bonchev–Trinajstić information content (AvgIpc) is 3.01. The lowest BCUT2D eigenvalue weighted by Crippen LogP contribution is -2.28. The molecule has 1 atom stereocenters. The second-order valence-electron chi connectivity index (χ2n) is 4.96. The summed E-state index contributed by atoms with van der Waals surface area (Å²) < 4.78 is 39.2. The van der Waals surface area contributed by atoms with Crippen LogP contribution in [-0.2, 0) is 9.63 Å². The topological polar surface area (TPSA) is 50.7 Å². The van der Waals surface area contributed by atoms with Gasteiger partial charge in [-0.15, -0.1) is 0 Å². The number of halogens is 3. The molecule has 1 aliphatic heterocycles. The number of nitrogens with one attached hydrogen (secondary N) is 1. The zero-order valence-corrected chi connectivity index (χ0v) is 11.7. The summed E-state index contributed by atoms with van der Waals surface area (Å²) in [5.74, 6) is -2.60. The van der Waals surface area contributed by atoms with Crippen molar-refractivity contribution in [1.82, 2.24) is 0 Å². The molecule has 2 aromatic rings. The van der Waals surface area contributed by atoms with Gasteiger partial charge in [-0.2, -0.15) is 0 Å². The van der Waals surface area contributed by atoms with Crippen molar-refractivity contribution in [3.8, 4) is 0 Å². The minimum absolute atomic E-state index is 0.143. The van der Waals surface area contributed by atoms with E-state index in [-0.39, 0.29) is 17.9 Å². The highest BCUT2D eigenvalue weighted by Gasteiger charge is 2.29. The highest BCUT2D eigenvalue weighted by molar-refractivity contribution is 6.06. The van der Waals surface area contributed by atoms with Crippen molar-refractivity contribution in [3.63, 3.8) is 0 Å². The molecule has 1 N–H and O–H groups in total. The third-order valence-electron chi connectivity index (χ3n) is 3.33. The van der Waals surface area contributed by atoms with Crippen LogP contribution in [0.15, 0.2) is 47.6 Å². The van der Waals surface area contributed by atoms with Crippen molar-refractivity contribution in [2.24, 2.45) is 5.16 Å². The Labute approximate surface area is 129 Å². The number of rotatable bonds is 3. The lowest BCUT2D eigenvalue weighted by molar-refractivity contribution is -0.125. The fourth-order valence-electron chi connectivity index (χ4n) is 2.13. The molecule has 2 aromatic carbocycles. The van der Waals surface area contributed by atoms with Crippen molar-refractivity contribution in [2.75, 3.05) is 5.32 Å². The van der Waals surface area contributed by atoms with Crippen LogP contribution in [-0.4, -0.2) is 17.7 Å². The summed E-state index contributed by atoms with van der Waals surface area (Å²) in [4.78, 5) is 17.1. The second kappa shape index (κ2) is 6.12. The van der Waals surface area contributed by atoms with Crippen molar-refractivity contribution in [1.29, 1.82) is 0 Å². The van der Waals surface area contributed by atoms with E-state index in [0.29, 0.717) is 17.3 Å². The van der Waals surface area contributed by atoms with Gasteiger partial charge in [-0.25, -0.2) is 13.2 Å². The highest BCUT2D eigenvalue weighted by atomic mass is 19.1. The summed E-state index contributed by atoms with van der Waals surface area (Å²) in [6, 6.07) is 8.44.